The standard InChI is InChI=1S/C25H18N2OS/c28-23-17-20(15-16-21(23)25-26-22-13-7-8-14-24(22)29-25)27(18-9-3-1-4-10-18)19-11-5-2-6-12-19/h1-17,28H. The van der Waals surface area contributed by atoms with E-state index in [1.165, 1.54) is 0 Å². The van der Waals surface area contributed by atoms with Crippen molar-refractivity contribution < 1.29 is 5.11 Å². The monoisotopic (exact) mass is 394 g/mol. The van der Waals surface area contributed by atoms with Gasteiger partial charge in [0, 0.05) is 23.1 Å². The summed E-state index contributed by atoms with van der Waals surface area (Å²) in [5.74, 6) is 0.221. The molecule has 0 atom stereocenters. The van der Waals surface area contributed by atoms with E-state index in [0.717, 1.165) is 37.8 Å². The maximum atomic E-state index is 10.9. The van der Waals surface area contributed by atoms with Crippen LogP contribution in [-0.2, 0) is 0 Å². The fraction of sp³-hybridized carbons (Fsp3) is 0. The number of anilines is 3. The second-order valence-electron chi connectivity index (χ2n) is 6.69. The molecular formula is C25H18N2OS. The summed E-state index contributed by atoms with van der Waals surface area (Å²) in [6, 6.07) is 34.1. The summed E-state index contributed by atoms with van der Waals surface area (Å²) < 4.78 is 1.11. The van der Waals surface area contributed by atoms with Crippen LogP contribution in [0.5, 0.6) is 5.75 Å². The molecule has 0 spiro atoms. The third-order valence-corrected chi connectivity index (χ3v) is 5.86. The number of hydrogen-bond donors (Lipinski definition) is 1. The van der Waals surface area contributed by atoms with Gasteiger partial charge in [0.2, 0.25) is 0 Å². The number of phenolic OH excluding ortho intramolecular Hbond substituents is 1. The minimum absolute atomic E-state index is 0.221. The molecule has 0 bridgehead atoms. The molecule has 1 N–H and O–H groups in total. The Morgan fingerprint density at radius 3 is 1.90 bits per heavy atom. The molecule has 0 unspecified atom stereocenters. The molecule has 1 heterocycles. The van der Waals surface area contributed by atoms with Crippen molar-refractivity contribution in [1.82, 2.24) is 4.98 Å². The lowest BCUT2D eigenvalue weighted by Crippen LogP contribution is -2.09. The van der Waals surface area contributed by atoms with E-state index in [1.54, 1.807) is 17.4 Å². The molecule has 0 aliphatic heterocycles. The number of aromatic nitrogens is 1. The fourth-order valence-corrected chi connectivity index (χ4v) is 4.43. The Kier molecular flexibility index (Phi) is 4.47. The molecule has 0 aliphatic rings. The minimum atomic E-state index is 0.221. The van der Waals surface area contributed by atoms with Crippen LogP contribution in [0, 0.1) is 0 Å². The molecule has 4 heteroatoms. The number of aromatic hydroxyl groups is 1. The van der Waals surface area contributed by atoms with Gasteiger partial charge in [0.05, 0.1) is 15.8 Å². The smallest absolute Gasteiger partial charge is 0.128 e. The molecule has 0 radical (unpaired) electrons. The van der Waals surface area contributed by atoms with E-state index >= 15 is 0 Å². The molecule has 1 aromatic heterocycles. The number of nitrogens with zero attached hydrogens (tertiary/aromatic N) is 2. The number of thiazole rings is 1. The largest absolute Gasteiger partial charge is 0.507 e. The molecular weight excluding hydrogens is 376 g/mol. The summed E-state index contributed by atoms with van der Waals surface area (Å²) in [6.07, 6.45) is 0. The summed E-state index contributed by atoms with van der Waals surface area (Å²) in [6.45, 7) is 0. The van der Waals surface area contributed by atoms with Gasteiger partial charge in [0.1, 0.15) is 10.8 Å². The Balaban J connectivity index is 1.60. The van der Waals surface area contributed by atoms with Crippen molar-refractivity contribution in [3.05, 3.63) is 103 Å². The minimum Gasteiger partial charge on any atom is -0.507 e. The normalized spacial score (nSPS) is 10.9. The maximum Gasteiger partial charge on any atom is 0.128 e. The van der Waals surface area contributed by atoms with Crippen LogP contribution in [0.2, 0.25) is 0 Å². The second kappa shape index (κ2) is 7.41. The Bertz CT molecular complexity index is 1190. The van der Waals surface area contributed by atoms with Crippen molar-refractivity contribution in [2.24, 2.45) is 0 Å². The van der Waals surface area contributed by atoms with Crippen LogP contribution < -0.4 is 4.90 Å². The van der Waals surface area contributed by atoms with E-state index in [9.17, 15) is 5.11 Å². The lowest BCUT2D eigenvalue weighted by molar-refractivity contribution is 0.477. The highest BCUT2D eigenvalue weighted by Crippen LogP contribution is 2.40. The number of hydrogen-bond acceptors (Lipinski definition) is 4. The number of para-hydroxylation sites is 3. The Labute approximate surface area is 173 Å². The number of fused-ring (bicyclic) bond motifs is 1. The first-order valence-electron chi connectivity index (χ1n) is 9.39. The molecule has 0 fully saturated rings. The van der Waals surface area contributed by atoms with Crippen LogP contribution in [0.3, 0.4) is 0 Å². The highest BCUT2D eigenvalue weighted by molar-refractivity contribution is 7.21. The Morgan fingerprint density at radius 1 is 0.655 bits per heavy atom. The van der Waals surface area contributed by atoms with Crippen molar-refractivity contribution in [2.75, 3.05) is 4.90 Å². The fourth-order valence-electron chi connectivity index (χ4n) is 3.43. The number of phenols is 1. The molecule has 0 aliphatic carbocycles. The zero-order valence-corrected chi connectivity index (χ0v) is 16.4. The van der Waals surface area contributed by atoms with Gasteiger partial charge in [0.15, 0.2) is 0 Å². The predicted octanol–water partition coefficient (Wildman–Crippen LogP) is 7.14. The van der Waals surface area contributed by atoms with Gasteiger partial charge in [-0.05, 0) is 48.5 Å². The van der Waals surface area contributed by atoms with Gasteiger partial charge in [-0.25, -0.2) is 4.98 Å². The van der Waals surface area contributed by atoms with E-state index < -0.39 is 0 Å². The Hall–Kier alpha value is -3.63. The van der Waals surface area contributed by atoms with Crippen molar-refractivity contribution in [3.63, 3.8) is 0 Å². The summed E-state index contributed by atoms with van der Waals surface area (Å²) in [4.78, 5) is 6.81. The molecule has 5 aromatic rings. The zero-order chi connectivity index (χ0) is 19.6. The van der Waals surface area contributed by atoms with Crippen molar-refractivity contribution in [2.45, 2.75) is 0 Å². The van der Waals surface area contributed by atoms with Gasteiger partial charge < -0.3 is 10.0 Å². The highest BCUT2D eigenvalue weighted by Gasteiger charge is 2.16. The number of benzene rings is 4. The SMILES string of the molecule is Oc1cc(N(c2ccccc2)c2ccccc2)ccc1-c1nc2ccccc2s1. The summed E-state index contributed by atoms with van der Waals surface area (Å²) in [7, 11) is 0. The summed E-state index contributed by atoms with van der Waals surface area (Å²) in [5.41, 5.74) is 4.66. The van der Waals surface area contributed by atoms with Crippen LogP contribution in [0.4, 0.5) is 17.1 Å². The van der Waals surface area contributed by atoms with Gasteiger partial charge in [-0.2, -0.15) is 0 Å². The molecule has 0 amide bonds. The van der Waals surface area contributed by atoms with E-state index in [2.05, 4.69) is 40.2 Å². The third kappa shape index (κ3) is 3.35. The zero-order valence-electron chi connectivity index (χ0n) is 15.6. The van der Waals surface area contributed by atoms with Gasteiger partial charge >= 0.3 is 0 Å². The average molecular weight is 394 g/mol. The summed E-state index contributed by atoms with van der Waals surface area (Å²) in [5, 5.41) is 11.7. The van der Waals surface area contributed by atoms with E-state index in [1.807, 2.05) is 66.7 Å². The van der Waals surface area contributed by atoms with Crippen LogP contribution >= 0.6 is 11.3 Å². The quantitative estimate of drug-likeness (QED) is 0.352. The molecule has 3 nitrogen and oxygen atoms in total. The van der Waals surface area contributed by atoms with E-state index in [-0.39, 0.29) is 5.75 Å². The van der Waals surface area contributed by atoms with E-state index in [4.69, 9.17) is 0 Å². The van der Waals surface area contributed by atoms with Crippen molar-refractivity contribution in [3.8, 4) is 16.3 Å². The summed E-state index contributed by atoms with van der Waals surface area (Å²) >= 11 is 1.59. The van der Waals surface area contributed by atoms with Crippen molar-refractivity contribution >= 4 is 38.6 Å². The highest BCUT2D eigenvalue weighted by atomic mass is 32.1. The predicted molar refractivity (Wildman–Crippen MR) is 121 cm³/mol. The molecule has 0 saturated carbocycles. The topological polar surface area (TPSA) is 36.4 Å². The van der Waals surface area contributed by atoms with Crippen molar-refractivity contribution in [1.29, 1.82) is 0 Å². The van der Waals surface area contributed by atoms with Crippen LogP contribution in [0.25, 0.3) is 20.8 Å². The average Bonchev–Trinajstić information content (AvgIpc) is 3.19. The van der Waals surface area contributed by atoms with Crippen LogP contribution in [-0.4, -0.2) is 10.1 Å². The van der Waals surface area contributed by atoms with E-state index in [0.29, 0.717) is 0 Å². The third-order valence-electron chi connectivity index (χ3n) is 4.79. The lowest BCUT2D eigenvalue weighted by Gasteiger charge is -2.25. The van der Waals surface area contributed by atoms with Gasteiger partial charge in [0.25, 0.3) is 0 Å². The first-order valence-corrected chi connectivity index (χ1v) is 10.2. The molecule has 5 rings (SSSR count). The first kappa shape index (κ1) is 17.5. The molecule has 0 saturated heterocycles. The number of rotatable bonds is 4. The molecule has 140 valence electrons. The second-order valence-corrected chi connectivity index (χ2v) is 7.73. The maximum absolute atomic E-state index is 10.9. The van der Waals surface area contributed by atoms with Gasteiger partial charge in [-0.1, -0.05) is 48.5 Å². The Morgan fingerprint density at radius 2 is 1.28 bits per heavy atom. The van der Waals surface area contributed by atoms with Crippen LogP contribution in [0.15, 0.2) is 103 Å². The van der Waals surface area contributed by atoms with Gasteiger partial charge in [-0.15, -0.1) is 11.3 Å². The van der Waals surface area contributed by atoms with Crippen LogP contribution in [0.1, 0.15) is 0 Å². The lowest BCUT2D eigenvalue weighted by atomic mass is 10.1. The van der Waals surface area contributed by atoms with Gasteiger partial charge in [-0.3, -0.25) is 0 Å². The molecule has 29 heavy (non-hydrogen) atoms. The molecule has 4 aromatic carbocycles. The first-order chi connectivity index (χ1) is 14.3.